The van der Waals surface area contributed by atoms with Gasteiger partial charge in [0.2, 0.25) is 0 Å². The summed E-state index contributed by atoms with van der Waals surface area (Å²) < 4.78 is 0. The Labute approximate surface area is 305 Å². The van der Waals surface area contributed by atoms with E-state index in [-0.39, 0.29) is 6.71 Å². The molecule has 8 aromatic carbocycles. The minimum atomic E-state index is 0.0573. The lowest BCUT2D eigenvalue weighted by molar-refractivity contribution is 1.24. The highest BCUT2D eigenvalue weighted by atomic mass is 15.2. The van der Waals surface area contributed by atoms with Crippen LogP contribution in [0.3, 0.4) is 0 Å². The molecule has 8 aromatic rings. The molecule has 0 aromatic heterocycles. The SMILES string of the molecule is c1ccc(-c2cccc(N3c4ccccc4B4c5ccc(N(c6ccccc6)c6ccccc6)cc5N(c5ccccc5)c5cccc3c54)c2)cc1. The van der Waals surface area contributed by atoms with Gasteiger partial charge in [0.15, 0.2) is 0 Å². The molecule has 0 saturated heterocycles. The summed E-state index contributed by atoms with van der Waals surface area (Å²) in [5.74, 6) is 0. The van der Waals surface area contributed by atoms with E-state index in [1.165, 1.54) is 50.3 Å². The molecule has 2 heterocycles. The van der Waals surface area contributed by atoms with Crippen molar-refractivity contribution in [3.63, 3.8) is 0 Å². The lowest BCUT2D eigenvalue weighted by Gasteiger charge is -2.44. The summed E-state index contributed by atoms with van der Waals surface area (Å²) in [6.45, 7) is 0.0573. The van der Waals surface area contributed by atoms with E-state index in [9.17, 15) is 0 Å². The second-order valence-electron chi connectivity index (χ2n) is 13.4. The Bertz CT molecular complexity index is 2500. The second kappa shape index (κ2) is 12.5. The van der Waals surface area contributed by atoms with Gasteiger partial charge in [0.25, 0.3) is 6.71 Å². The number of rotatable bonds is 6. The molecule has 3 nitrogen and oxygen atoms in total. The maximum Gasteiger partial charge on any atom is 0.252 e. The highest BCUT2D eigenvalue weighted by Gasteiger charge is 2.43. The van der Waals surface area contributed by atoms with Crippen LogP contribution >= 0.6 is 0 Å². The van der Waals surface area contributed by atoms with Crippen molar-refractivity contribution in [2.75, 3.05) is 14.7 Å². The first-order valence-electron chi connectivity index (χ1n) is 17.9. The lowest BCUT2D eigenvalue weighted by Crippen LogP contribution is -2.61. The van der Waals surface area contributed by atoms with Crippen molar-refractivity contribution in [2.24, 2.45) is 0 Å². The molecule has 52 heavy (non-hydrogen) atoms. The molecular weight excluding hydrogens is 629 g/mol. The summed E-state index contributed by atoms with van der Waals surface area (Å²) in [4.78, 5) is 7.28. The Balaban J connectivity index is 1.21. The van der Waals surface area contributed by atoms with Crippen molar-refractivity contribution in [2.45, 2.75) is 0 Å². The first kappa shape index (κ1) is 30.1. The van der Waals surface area contributed by atoms with Crippen LogP contribution in [-0.2, 0) is 0 Å². The Morgan fingerprint density at radius 1 is 0.327 bits per heavy atom. The molecule has 10 rings (SSSR count). The zero-order valence-corrected chi connectivity index (χ0v) is 28.5. The molecule has 2 aliphatic rings. The fourth-order valence-electron chi connectivity index (χ4n) is 8.20. The van der Waals surface area contributed by atoms with Gasteiger partial charge in [0.1, 0.15) is 0 Å². The molecule has 0 atom stereocenters. The monoisotopic (exact) mass is 663 g/mol. The van der Waals surface area contributed by atoms with Gasteiger partial charge in [-0.25, -0.2) is 0 Å². The van der Waals surface area contributed by atoms with Crippen LogP contribution in [0.1, 0.15) is 0 Å². The van der Waals surface area contributed by atoms with E-state index in [1.54, 1.807) is 0 Å². The van der Waals surface area contributed by atoms with Crippen LogP contribution in [0.15, 0.2) is 206 Å². The third-order valence-corrected chi connectivity index (χ3v) is 10.4. The molecule has 0 aliphatic carbocycles. The molecule has 0 spiro atoms. The third-order valence-electron chi connectivity index (χ3n) is 10.4. The minimum absolute atomic E-state index is 0.0573. The number of nitrogens with zero attached hydrogens (tertiary/aromatic N) is 3. The first-order valence-corrected chi connectivity index (χ1v) is 17.9. The largest absolute Gasteiger partial charge is 0.311 e. The lowest BCUT2D eigenvalue weighted by atomic mass is 9.33. The van der Waals surface area contributed by atoms with E-state index in [0.717, 1.165) is 28.4 Å². The van der Waals surface area contributed by atoms with E-state index in [0.29, 0.717) is 0 Å². The molecule has 0 bridgehead atoms. The van der Waals surface area contributed by atoms with Crippen LogP contribution in [0.25, 0.3) is 11.1 Å². The highest BCUT2D eigenvalue weighted by Crippen LogP contribution is 2.46. The fraction of sp³-hybridized carbons (Fsp3) is 0. The van der Waals surface area contributed by atoms with E-state index < -0.39 is 0 Å². The van der Waals surface area contributed by atoms with Crippen LogP contribution in [0, 0.1) is 0 Å². The maximum atomic E-state index is 2.47. The Hall–Kier alpha value is -6.78. The predicted octanol–water partition coefficient (Wildman–Crippen LogP) is 10.9. The van der Waals surface area contributed by atoms with E-state index in [4.69, 9.17) is 0 Å². The molecule has 0 saturated carbocycles. The number of anilines is 9. The molecular formula is C48H34BN3. The van der Waals surface area contributed by atoms with Gasteiger partial charge >= 0.3 is 0 Å². The minimum Gasteiger partial charge on any atom is -0.311 e. The summed E-state index contributed by atoms with van der Waals surface area (Å²) in [5.41, 5.74) is 16.8. The van der Waals surface area contributed by atoms with Crippen LogP contribution in [-0.4, -0.2) is 6.71 Å². The average molecular weight is 664 g/mol. The Morgan fingerprint density at radius 3 is 1.52 bits per heavy atom. The third kappa shape index (κ3) is 4.91. The number of para-hydroxylation sites is 4. The van der Waals surface area contributed by atoms with Crippen molar-refractivity contribution in [3.8, 4) is 11.1 Å². The molecule has 0 unspecified atom stereocenters. The summed E-state index contributed by atoms with van der Waals surface area (Å²) in [5, 5.41) is 0. The van der Waals surface area contributed by atoms with Gasteiger partial charge < -0.3 is 14.7 Å². The number of fused-ring (bicyclic) bond motifs is 4. The van der Waals surface area contributed by atoms with Gasteiger partial charge in [0.05, 0.1) is 0 Å². The standard InChI is InChI=1S/C48H34BN3/c1-5-17-35(18-6-1)36-19-15-26-40(33-36)52-44-28-14-13-27-42(44)49-43-32-31-41(50(37-20-7-2-8-21-37)38-22-9-3-10-23-38)34-47(43)51(39-24-11-4-12-25-39)45-29-16-30-46(52)48(45)49/h1-34H. The van der Waals surface area contributed by atoms with Crippen molar-refractivity contribution in [1.29, 1.82) is 0 Å². The fourth-order valence-corrected chi connectivity index (χ4v) is 8.20. The molecule has 0 fully saturated rings. The van der Waals surface area contributed by atoms with Crippen molar-refractivity contribution in [3.05, 3.63) is 206 Å². The Kier molecular flexibility index (Phi) is 7.25. The molecule has 0 radical (unpaired) electrons. The van der Waals surface area contributed by atoms with E-state index >= 15 is 0 Å². The van der Waals surface area contributed by atoms with Crippen molar-refractivity contribution >= 4 is 74.3 Å². The predicted molar refractivity (Wildman–Crippen MR) is 221 cm³/mol. The maximum absolute atomic E-state index is 2.47. The Morgan fingerprint density at radius 2 is 0.827 bits per heavy atom. The van der Waals surface area contributed by atoms with Crippen LogP contribution in [0.5, 0.6) is 0 Å². The number of benzene rings is 8. The van der Waals surface area contributed by atoms with E-state index in [1.807, 2.05) is 0 Å². The molecule has 2 aliphatic heterocycles. The first-order chi connectivity index (χ1) is 25.8. The van der Waals surface area contributed by atoms with Crippen molar-refractivity contribution < 1.29 is 0 Å². The normalized spacial score (nSPS) is 12.5. The molecule has 4 heteroatoms. The average Bonchev–Trinajstić information content (AvgIpc) is 3.22. The number of hydrogen-bond acceptors (Lipinski definition) is 3. The summed E-state index contributed by atoms with van der Waals surface area (Å²) in [6, 6.07) is 74.6. The van der Waals surface area contributed by atoms with Gasteiger partial charge in [-0.05, 0) is 106 Å². The zero-order valence-electron chi connectivity index (χ0n) is 28.5. The highest BCUT2D eigenvalue weighted by molar-refractivity contribution is 7.00. The van der Waals surface area contributed by atoms with Crippen molar-refractivity contribution in [1.82, 2.24) is 0 Å². The van der Waals surface area contributed by atoms with Gasteiger partial charge in [-0.1, -0.05) is 127 Å². The quantitative estimate of drug-likeness (QED) is 0.164. The van der Waals surface area contributed by atoms with Crippen LogP contribution in [0.2, 0.25) is 0 Å². The molecule has 0 amide bonds. The summed E-state index contributed by atoms with van der Waals surface area (Å²) in [7, 11) is 0. The topological polar surface area (TPSA) is 9.72 Å². The van der Waals surface area contributed by atoms with Gasteiger partial charge in [-0.2, -0.15) is 0 Å². The molecule has 0 N–H and O–H groups in total. The van der Waals surface area contributed by atoms with Crippen LogP contribution < -0.4 is 31.1 Å². The van der Waals surface area contributed by atoms with Gasteiger partial charge in [-0.15, -0.1) is 0 Å². The molecule has 244 valence electrons. The van der Waals surface area contributed by atoms with Gasteiger partial charge in [0, 0.05) is 51.2 Å². The van der Waals surface area contributed by atoms with E-state index in [2.05, 4.69) is 221 Å². The zero-order chi connectivity index (χ0) is 34.4. The van der Waals surface area contributed by atoms with Gasteiger partial charge in [-0.3, -0.25) is 0 Å². The van der Waals surface area contributed by atoms with Crippen LogP contribution in [0.4, 0.5) is 51.2 Å². The smallest absolute Gasteiger partial charge is 0.252 e. The summed E-state index contributed by atoms with van der Waals surface area (Å²) >= 11 is 0. The summed E-state index contributed by atoms with van der Waals surface area (Å²) in [6.07, 6.45) is 0. The number of hydrogen-bond donors (Lipinski definition) is 0. The second-order valence-corrected chi connectivity index (χ2v) is 13.4.